The number of piperazine rings is 1. The summed E-state index contributed by atoms with van der Waals surface area (Å²) in [4.78, 5) is 12.4. The van der Waals surface area contributed by atoms with E-state index in [-0.39, 0.29) is 11.9 Å². The van der Waals surface area contributed by atoms with E-state index < -0.39 is 0 Å². The quantitative estimate of drug-likeness (QED) is 0.758. The van der Waals surface area contributed by atoms with E-state index >= 15 is 0 Å². The maximum atomic E-state index is 10.9. The predicted molar refractivity (Wildman–Crippen MR) is 102 cm³/mol. The molecule has 3 aromatic heterocycles. The molecule has 1 saturated heterocycles. The van der Waals surface area contributed by atoms with Crippen LogP contribution >= 0.6 is 22.7 Å². The van der Waals surface area contributed by atoms with E-state index in [1.54, 1.807) is 27.2 Å². The summed E-state index contributed by atoms with van der Waals surface area (Å²) in [6, 6.07) is 2.24. The van der Waals surface area contributed by atoms with Crippen LogP contribution in [0.5, 0.6) is 5.88 Å². The lowest BCUT2D eigenvalue weighted by Gasteiger charge is -2.37. The Labute approximate surface area is 155 Å². The summed E-state index contributed by atoms with van der Waals surface area (Å²) in [6.45, 7) is 8.25. The van der Waals surface area contributed by atoms with E-state index in [1.165, 1.54) is 10.4 Å². The number of aryl methyl sites for hydroxylation is 2. The first-order valence-electron chi connectivity index (χ1n) is 8.62. The predicted octanol–water partition coefficient (Wildman–Crippen LogP) is 2.77. The molecule has 134 valence electrons. The molecule has 1 unspecified atom stereocenters. The number of rotatable bonds is 4. The van der Waals surface area contributed by atoms with Crippen LogP contribution in [0.4, 0.5) is 0 Å². The van der Waals surface area contributed by atoms with E-state index in [0.29, 0.717) is 0 Å². The van der Waals surface area contributed by atoms with Crippen LogP contribution in [0, 0.1) is 6.92 Å². The van der Waals surface area contributed by atoms with Gasteiger partial charge in [-0.05, 0) is 31.0 Å². The lowest BCUT2D eigenvalue weighted by molar-refractivity contribution is 0.128. The molecule has 1 aliphatic rings. The summed E-state index contributed by atoms with van der Waals surface area (Å²) in [5, 5.41) is 17.5. The molecular formula is C17H23N5OS2. The van der Waals surface area contributed by atoms with Crippen LogP contribution in [0.1, 0.15) is 34.1 Å². The van der Waals surface area contributed by atoms with Gasteiger partial charge in [-0.15, -0.1) is 16.4 Å². The number of likely N-dealkylation sites (N-methyl/N-ethyl adjacent to an activating group) is 1. The molecule has 0 radical (unpaired) electrons. The van der Waals surface area contributed by atoms with Gasteiger partial charge in [-0.1, -0.05) is 18.3 Å². The second-order valence-corrected chi connectivity index (χ2v) is 8.53. The third kappa shape index (κ3) is 2.97. The first-order valence-corrected chi connectivity index (χ1v) is 10.3. The summed E-state index contributed by atoms with van der Waals surface area (Å²) < 4.78 is 1.60. The van der Waals surface area contributed by atoms with Crippen molar-refractivity contribution in [2.45, 2.75) is 26.3 Å². The smallest absolute Gasteiger partial charge is 0.230 e. The van der Waals surface area contributed by atoms with Crippen LogP contribution < -0.4 is 0 Å². The minimum Gasteiger partial charge on any atom is -0.492 e. The fraction of sp³-hybridized carbons (Fsp3) is 0.529. The molecule has 4 rings (SSSR count). The molecule has 0 aromatic carbocycles. The van der Waals surface area contributed by atoms with E-state index in [4.69, 9.17) is 0 Å². The van der Waals surface area contributed by atoms with Crippen LogP contribution in [-0.2, 0) is 6.42 Å². The second-order valence-electron chi connectivity index (χ2n) is 6.58. The second kappa shape index (κ2) is 6.68. The first kappa shape index (κ1) is 17.0. The Balaban J connectivity index is 1.79. The highest BCUT2D eigenvalue weighted by Crippen LogP contribution is 2.42. The van der Waals surface area contributed by atoms with Crippen molar-refractivity contribution in [1.82, 2.24) is 24.4 Å². The Bertz CT molecular complexity index is 875. The molecule has 4 heterocycles. The topological polar surface area (TPSA) is 56.9 Å². The third-order valence-electron chi connectivity index (χ3n) is 4.86. The SMILES string of the molecule is CCc1nc2sc(C(c3sccc3C)N3CCN(C)CC3)c(O)n2n1. The van der Waals surface area contributed by atoms with Crippen LogP contribution in [0.3, 0.4) is 0 Å². The molecule has 0 spiro atoms. The van der Waals surface area contributed by atoms with Crippen molar-refractivity contribution in [3.63, 3.8) is 0 Å². The van der Waals surface area contributed by atoms with Crippen molar-refractivity contribution in [3.8, 4) is 5.88 Å². The third-order valence-corrected chi connectivity index (χ3v) is 7.01. The molecule has 0 bridgehead atoms. The molecule has 1 aliphatic heterocycles. The maximum absolute atomic E-state index is 10.9. The van der Waals surface area contributed by atoms with Crippen molar-refractivity contribution >= 4 is 27.6 Å². The highest BCUT2D eigenvalue weighted by molar-refractivity contribution is 7.17. The largest absolute Gasteiger partial charge is 0.492 e. The fourth-order valence-corrected chi connectivity index (χ4v) is 5.57. The van der Waals surface area contributed by atoms with Crippen LogP contribution in [0.2, 0.25) is 0 Å². The van der Waals surface area contributed by atoms with E-state index in [1.807, 2.05) is 6.92 Å². The first-order chi connectivity index (χ1) is 12.1. The fourth-order valence-electron chi connectivity index (χ4n) is 3.31. The average molecular weight is 378 g/mol. The number of nitrogens with zero attached hydrogens (tertiary/aromatic N) is 5. The minimum absolute atomic E-state index is 0.0762. The van der Waals surface area contributed by atoms with Crippen molar-refractivity contribution in [3.05, 3.63) is 32.6 Å². The highest BCUT2D eigenvalue weighted by Gasteiger charge is 2.32. The molecule has 25 heavy (non-hydrogen) atoms. The Morgan fingerprint density at radius 1 is 1.24 bits per heavy atom. The average Bonchev–Trinajstić information content (AvgIpc) is 3.28. The van der Waals surface area contributed by atoms with Gasteiger partial charge in [0.2, 0.25) is 10.8 Å². The molecule has 1 atom stereocenters. The van der Waals surface area contributed by atoms with Crippen molar-refractivity contribution in [2.75, 3.05) is 33.2 Å². The Morgan fingerprint density at radius 2 is 2.00 bits per heavy atom. The molecular weight excluding hydrogens is 354 g/mol. The summed E-state index contributed by atoms with van der Waals surface area (Å²) in [5.74, 6) is 1.01. The zero-order valence-corrected chi connectivity index (χ0v) is 16.4. The van der Waals surface area contributed by atoms with Crippen LogP contribution in [-0.4, -0.2) is 62.7 Å². The van der Waals surface area contributed by atoms with Gasteiger partial charge in [0, 0.05) is 37.5 Å². The molecule has 0 saturated carbocycles. The number of hydrogen-bond donors (Lipinski definition) is 1. The number of hydrogen-bond acceptors (Lipinski definition) is 7. The number of thiazole rings is 1. The van der Waals surface area contributed by atoms with Gasteiger partial charge in [0.25, 0.3) is 0 Å². The van der Waals surface area contributed by atoms with Gasteiger partial charge in [-0.3, -0.25) is 4.90 Å². The van der Waals surface area contributed by atoms with Gasteiger partial charge in [-0.2, -0.15) is 4.52 Å². The van der Waals surface area contributed by atoms with E-state index in [9.17, 15) is 5.11 Å². The summed E-state index contributed by atoms with van der Waals surface area (Å²) in [7, 11) is 2.16. The van der Waals surface area contributed by atoms with Gasteiger partial charge in [0.15, 0.2) is 5.82 Å². The minimum atomic E-state index is 0.0762. The number of thiophene rings is 1. The molecule has 0 amide bonds. The molecule has 0 aliphatic carbocycles. The summed E-state index contributed by atoms with van der Waals surface area (Å²) >= 11 is 3.33. The standard InChI is InChI=1S/C17H23N5OS2/c1-4-12-18-17-22(19-12)16(23)15(25-17)13(14-11(2)5-10-24-14)21-8-6-20(3)7-9-21/h5,10,13,23H,4,6-9H2,1-3H3. The molecule has 8 heteroatoms. The van der Waals surface area contributed by atoms with Crippen LogP contribution in [0.25, 0.3) is 4.96 Å². The Morgan fingerprint density at radius 3 is 2.60 bits per heavy atom. The normalized spacial score (nSPS) is 18.2. The van der Waals surface area contributed by atoms with Crippen molar-refractivity contribution < 1.29 is 5.11 Å². The zero-order chi connectivity index (χ0) is 17.6. The summed E-state index contributed by atoms with van der Waals surface area (Å²) in [6.07, 6.45) is 0.773. The highest BCUT2D eigenvalue weighted by atomic mass is 32.1. The van der Waals surface area contributed by atoms with E-state index in [2.05, 4.69) is 45.3 Å². The lowest BCUT2D eigenvalue weighted by atomic mass is 10.1. The molecule has 3 aromatic rings. The molecule has 6 nitrogen and oxygen atoms in total. The van der Waals surface area contributed by atoms with Crippen molar-refractivity contribution in [1.29, 1.82) is 0 Å². The zero-order valence-electron chi connectivity index (χ0n) is 14.8. The maximum Gasteiger partial charge on any atom is 0.230 e. The van der Waals surface area contributed by atoms with Gasteiger partial charge in [0.05, 0.1) is 10.9 Å². The van der Waals surface area contributed by atoms with Crippen molar-refractivity contribution in [2.24, 2.45) is 0 Å². The number of fused-ring (bicyclic) bond motifs is 1. The van der Waals surface area contributed by atoms with Gasteiger partial charge in [-0.25, -0.2) is 4.98 Å². The molecule has 1 N–H and O–H groups in total. The van der Waals surface area contributed by atoms with Gasteiger partial charge < -0.3 is 10.0 Å². The Kier molecular flexibility index (Phi) is 4.53. The van der Waals surface area contributed by atoms with Gasteiger partial charge >= 0.3 is 0 Å². The number of aromatic nitrogens is 3. The lowest BCUT2D eigenvalue weighted by Crippen LogP contribution is -2.46. The molecule has 1 fully saturated rings. The number of aromatic hydroxyl groups is 1. The summed E-state index contributed by atoms with van der Waals surface area (Å²) in [5.41, 5.74) is 1.28. The van der Waals surface area contributed by atoms with Gasteiger partial charge in [0.1, 0.15) is 0 Å². The Hall–Kier alpha value is -1.48. The van der Waals surface area contributed by atoms with Crippen LogP contribution in [0.15, 0.2) is 11.4 Å². The van der Waals surface area contributed by atoms with E-state index in [0.717, 1.165) is 48.3 Å². The monoisotopic (exact) mass is 377 g/mol.